The topological polar surface area (TPSA) is 38.7 Å². The zero-order valence-electron chi connectivity index (χ0n) is 11.6. The van der Waals surface area contributed by atoms with Crippen molar-refractivity contribution in [2.24, 2.45) is 0 Å². The quantitative estimate of drug-likeness (QED) is 0.893. The monoisotopic (exact) mass is 250 g/mol. The van der Waals surface area contributed by atoms with Crippen LogP contribution < -0.4 is 9.47 Å². The highest BCUT2D eigenvalue weighted by Crippen LogP contribution is 2.41. The molecule has 0 radical (unpaired) electrons. The van der Waals surface area contributed by atoms with Crippen molar-refractivity contribution in [3.05, 3.63) is 23.8 Å². The van der Waals surface area contributed by atoms with Gasteiger partial charge >= 0.3 is 0 Å². The van der Waals surface area contributed by atoms with E-state index in [4.69, 9.17) is 9.47 Å². The number of aliphatic hydroxyl groups excluding tert-OH is 1. The molecule has 0 saturated heterocycles. The zero-order chi connectivity index (χ0) is 13.3. The molecular weight excluding hydrogens is 228 g/mol. The van der Waals surface area contributed by atoms with Gasteiger partial charge in [0.05, 0.1) is 12.2 Å². The summed E-state index contributed by atoms with van der Waals surface area (Å²) in [6, 6.07) is 5.68. The Kier molecular flexibility index (Phi) is 3.53. The van der Waals surface area contributed by atoms with Crippen molar-refractivity contribution < 1.29 is 14.6 Å². The van der Waals surface area contributed by atoms with Gasteiger partial charge in [0.2, 0.25) is 0 Å². The maximum absolute atomic E-state index is 10.1. The Labute approximate surface area is 109 Å². The molecule has 0 fully saturated rings. The van der Waals surface area contributed by atoms with Crippen molar-refractivity contribution in [3.63, 3.8) is 0 Å². The van der Waals surface area contributed by atoms with Gasteiger partial charge < -0.3 is 14.6 Å². The van der Waals surface area contributed by atoms with Crippen LogP contribution in [0.15, 0.2) is 18.2 Å². The molecule has 1 N–H and O–H groups in total. The molecule has 1 aliphatic heterocycles. The van der Waals surface area contributed by atoms with Crippen LogP contribution in [-0.4, -0.2) is 16.8 Å². The van der Waals surface area contributed by atoms with Gasteiger partial charge in [-0.1, -0.05) is 6.92 Å². The summed E-state index contributed by atoms with van der Waals surface area (Å²) in [4.78, 5) is 0. The van der Waals surface area contributed by atoms with Crippen molar-refractivity contribution in [2.45, 2.75) is 58.3 Å². The fourth-order valence-corrected chi connectivity index (χ4v) is 2.18. The minimum atomic E-state index is -0.457. The summed E-state index contributed by atoms with van der Waals surface area (Å²) in [5.41, 5.74) is 0.521. The fourth-order valence-electron chi connectivity index (χ4n) is 2.18. The lowest BCUT2D eigenvalue weighted by molar-refractivity contribution is 0.0112. The van der Waals surface area contributed by atoms with Crippen LogP contribution in [-0.2, 0) is 0 Å². The second kappa shape index (κ2) is 4.81. The van der Waals surface area contributed by atoms with Gasteiger partial charge in [0, 0.05) is 18.1 Å². The molecule has 0 aliphatic carbocycles. The Morgan fingerprint density at radius 1 is 1.50 bits per heavy atom. The molecule has 1 aliphatic rings. The first-order valence-electron chi connectivity index (χ1n) is 6.59. The summed E-state index contributed by atoms with van der Waals surface area (Å²) >= 11 is 0. The van der Waals surface area contributed by atoms with E-state index in [2.05, 4.69) is 6.92 Å². The first kappa shape index (κ1) is 13.2. The number of fused-ring (bicyclic) bond motifs is 1. The summed E-state index contributed by atoms with van der Waals surface area (Å²) in [6.07, 6.45) is 1.31. The third kappa shape index (κ3) is 2.78. The van der Waals surface area contributed by atoms with Gasteiger partial charge in [-0.15, -0.1) is 0 Å². The van der Waals surface area contributed by atoms with E-state index in [0.717, 1.165) is 23.5 Å². The molecule has 1 aromatic rings. The molecule has 0 saturated carbocycles. The van der Waals surface area contributed by atoms with Crippen LogP contribution >= 0.6 is 0 Å². The van der Waals surface area contributed by atoms with E-state index in [1.807, 2.05) is 39.0 Å². The number of aliphatic hydroxyl groups is 1. The summed E-state index contributed by atoms with van der Waals surface area (Å²) in [7, 11) is 0. The van der Waals surface area contributed by atoms with Gasteiger partial charge in [0.15, 0.2) is 0 Å². The largest absolute Gasteiger partial charge is 0.491 e. The molecule has 3 heteroatoms. The normalized spacial score (nSPS) is 22.8. The fraction of sp³-hybridized carbons (Fsp3) is 0.600. The Balaban J connectivity index is 2.26. The first-order valence-corrected chi connectivity index (χ1v) is 6.59. The Bertz CT molecular complexity index is 426. The molecule has 2 unspecified atom stereocenters. The lowest BCUT2D eigenvalue weighted by Gasteiger charge is -2.35. The van der Waals surface area contributed by atoms with E-state index in [0.29, 0.717) is 6.42 Å². The third-order valence-corrected chi connectivity index (χ3v) is 3.33. The highest BCUT2D eigenvalue weighted by atomic mass is 16.5. The van der Waals surface area contributed by atoms with Crippen LogP contribution in [0.3, 0.4) is 0 Å². The summed E-state index contributed by atoms with van der Waals surface area (Å²) < 4.78 is 11.7. The first-order chi connectivity index (χ1) is 8.41. The van der Waals surface area contributed by atoms with Crippen LogP contribution in [0.2, 0.25) is 0 Å². The van der Waals surface area contributed by atoms with Crippen molar-refractivity contribution in [1.82, 2.24) is 0 Å². The molecule has 18 heavy (non-hydrogen) atoms. The third-order valence-electron chi connectivity index (χ3n) is 3.33. The summed E-state index contributed by atoms with van der Waals surface area (Å²) in [5, 5.41) is 10.1. The minimum Gasteiger partial charge on any atom is -0.491 e. The van der Waals surface area contributed by atoms with E-state index in [1.54, 1.807) is 0 Å². The number of benzene rings is 1. The van der Waals surface area contributed by atoms with Crippen LogP contribution in [0.5, 0.6) is 11.5 Å². The highest BCUT2D eigenvalue weighted by Gasteiger charge is 2.32. The van der Waals surface area contributed by atoms with Gasteiger partial charge in [-0.25, -0.2) is 0 Å². The lowest BCUT2D eigenvalue weighted by atomic mass is 9.92. The van der Waals surface area contributed by atoms with Crippen LogP contribution in [0.1, 0.15) is 52.2 Å². The standard InChI is InChI=1S/C15H22O3/c1-5-10(2)17-11-6-7-12-13(16)9-15(3,4)18-14(12)8-11/h6-8,10,13,16H,5,9H2,1-4H3. The smallest absolute Gasteiger partial charge is 0.129 e. The molecule has 2 rings (SSSR count). The van der Waals surface area contributed by atoms with Crippen LogP contribution in [0, 0.1) is 0 Å². The number of rotatable bonds is 3. The number of hydrogen-bond acceptors (Lipinski definition) is 3. The van der Waals surface area contributed by atoms with E-state index in [-0.39, 0.29) is 11.7 Å². The van der Waals surface area contributed by atoms with Crippen molar-refractivity contribution in [2.75, 3.05) is 0 Å². The minimum absolute atomic E-state index is 0.185. The molecule has 1 heterocycles. The van der Waals surface area contributed by atoms with E-state index >= 15 is 0 Å². The SMILES string of the molecule is CCC(C)Oc1ccc2c(c1)OC(C)(C)CC2O. The zero-order valence-corrected chi connectivity index (χ0v) is 11.6. The predicted molar refractivity (Wildman–Crippen MR) is 71.1 cm³/mol. The van der Waals surface area contributed by atoms with Crippen molar-refractivity contribution in [3.8, 4) is 11.5 Å². The number of hydrogen-bond donors (Lipinski definition) is 1. The van der Waals surface area contributed by atoms with E-state index in [9.17, 15) is 5.11 Å². The average molecular weight is 250 g/mol. The highest BCUT2D eigenvalue weighted by molar-refractivity contribution is 5.43. The summed E-state index contributed by atoms with van der Waals surface area (Å²) in [5.74, 6) is 1.53. The van der Waals surface area contributed by atoms with Gasteiger partial charge in [0.25, 0.3) is 0 Å². The van der Waals surface area contributed by atoms with Crippen LogP contribution in [0.4, 0.5) is 0 Å². The van der Waals surface area contributed by atoms with Gasteiger partial charge in [-0.05, 0) is 39.3 Å². The van der Waals surface area contributed by atoms with Gasteiger partial charge in [-0.3, -0.25) is 0 Å². The Hall–Kier alpha value is -1.22. The second-order valence-electron chi connectivity index (χ2n) is 5.62. The molecule has 100 valence electrons. The summed E-state index contributed by atoms with van der Waals surface area (Å²) in [6.45, 7) is 8.11. The molecule has 1 aromatic carbocycles. The van der Waals surface area contributed by atoms with Crippen molar-refractivity contribution >= 4 is 0 Å². The molecule has 3 nitrogen and oxygen atoms in total. The Morgan fingerprint density at radius 2 is 2.22 bits per heavy atom. The molecule has 0 amide bonds. The molecule has 0 spiro atoms. The second-order valence-corrected chi connectivity index (χ2v) is 5.62. The Morgan fingerprint density at radius 3 is 2.89 bits per heavy atom. The maximum Gasteiger partial charge on any atom is 0.129 e. The molecule has 0 aromatic heterocycles. The average Bonchev–Trinajstić information content (AvgIpc) is 2.26. The van der Waals surface area contributed by atoms with Crippen molar-refractivity contribution in [1.29, 1.82) is 0 Å². The maximum atomic E-state index is 10.1. The predicted octanol–water partition coefficient (Wildman–Crippen LogP) is 3.46. The number of ether oxygens (including phenoxy) is 2. The van der Waals surface area contributed by atoms with E-state index in [1.165, 1.54) is 0 Å². The molecule has 0 bridgehead atoms. The lowest BCUT2D eigenvalue weighted by Crippen LogP contribution is -2.34. The van der Waals surface area contributed by atoms with Gasteiger partial charge in [0.1, 0.15) is 17.1 Å². The van der Waals surface area contributed by atoms with Gasteiger partial charge in [-0.2, -0.15) is 0 Å². The molecule has 2 atom stereocenters. The van der Waals surface area contributed by atoms with E-state index < -0.39 is 6.10 Å². The molecular formula is C15H22O3. The van der Waals surface area contributed by atoms with Crippen LogP contribution in [0.25, 0.3) is 0 Å².